The van der Waals surface area contributed by atoms with Crippen LogP contribution in [0.1, 0.15) is 61.2 Å². The standard InChI is InChI=1S/C21H26F3N5O2/c1-12(2)14-10-17(21(22,23)24)29-18(25-14)11-15(26-29)16-5-4-7-28(16)20(31)13-6-8-27(3)19(30)9-13/h6,8-9,11-12,14,16-17,25H,4-5,7,10H2,1-3H3/t14-,16+,17+/m0/s1. The number of nitrogens with one attached hydrogen (secondary N) is 1. The van der Waals surface area contributed by atoms with Crippen LogP contribution in [0.15, 0.2) is 29.2 Å². The highest BCUT2D eigenvalue weighted by atomic mass is 19.4. The fourth-order valence-electron chi connectivity index (χ4n) is 4.39. The summed E-state index contributed by atoms with van der Waals surface area (Å²) in [5, 5.41) is 7.49. The molecule has 0 spiro atoms. The summed E-state index contributed by atoms with van der Waals surface area (Å²) >= 11 is 0. The molecule has 168 valence electrons. The molecular formula is C21H26F3N5O2. The zero-order chi connectivity index (χ0) is 22.5. The van der Waals surface area contributed by atoms with E-state index in [1.165, 1.54) is 16.8 Å². The van der Waals surface area contributed by atoms with Crippen molar-refractivity contribution < 1.29 is 18.0 Å². The first-order valence-electron chi connectivity index (χ1n) is 10.5. The molecule has 1 amide bonds. The topological polar surface area (TPSA) is 72.2 Å². The average molecular weight is 437 g/mol. The van der Waals surface area contributed by atoms with E-state index in [0.717, 1.165) is 4.68 Å². The smallest absolute Gasteiger partial charge is 0.367 e. The molecule has 0 radical (unpaired) electrons. The lowest BCUT2D eigenvalue weighted by Gasteiger charge is -2.35. The van der Waals surface area contributed by atoms with Crippen LogP contribution in [0.4, 0.5) is 19.0 Å². The predicted octanol–water partition coefficient (Wildman–Crippen LogP) is 3.50. The molecule has 2 aliphatic rings. The maximum atomic E-state index is 13.8. The van der Waals surface area contributed by atoms with E-state index in [1.54, 1.807) is 24.1 Å². The number of aromatic nitrogens is 3. The molecule has 2 aromatic heterocycles. The molecule has 0 aromatic carbocycles. The van der Waals surface area contributed by atoms with Crippen LogP contribution in [0.2, 0.25) is 0 Å². The number of carbonyl (C=O) groups is 1. The van der Waals surface area contributed by atoms with E-state index in [2.05, 4.69) is 10.4 Å². The molecule has 10 heteroatoms. The first-order valence-corrected chi connectivity index (χ1v) is 10.5. The molecule has 0 unspecified atom stereocenters. The van der Waals surface area contributed by atoms with Gasteiger partial charge in [-0.15, -0.1) is 0 Å². The molecule has 0 bridgehead atoms. The Labute approximate surface area is 177 Å². The number of alkyl halides is 3. The van der Waals surface area contributed by atoms with Gasteiger partial charge in [-0.3, -0.25) is 9.59 Å². The summed E-state index contributed by atoms with van der Waals surface area (Å²) < 4.78 is 43.7. The number of amides is 1. The Bertz CT molecular complexity index is 1040. The molecule has 0 saturated carbocycles. The molecule has 1 N–H and O–H groups in total. The number of pyridine rings is 1. The Hall–Kier alpha value is -2.78. The summed E-state index contributed by atoms with van der Waals surface area (Å²) in [6.45, 7) is 4.24. The number of carbonyl (C=O) groups excluding carboxylic acids is 1. The Balaban J connectivity index is 1.66. The fraction of sp³-hybridized carbons (Fsp3) is 0.571. The minimum atomic E-state index is -4.41. The van der Waals surface area contributed by atoms with Crippen LogP contribution in [0.5, 0.6) is 0 Å². The van der Waals surface area contributed by atoms with Crippen LogP contribution < -0.4 is 10.9 Å². The van der Waals surface area contributed by atoms with Gasteiger partial charge >= 0.3 is 6.18 Å². The van der Waals surface area contributed by atoms with Gasteiger partial charge in [-0.05, 0) is 31.2 Å². The molecule has 4 heterocycles. The Morgan fingerprint density at radius 2 is 2.03 bits per heavy atom. The third kappa shape index (κ3) is 3.95. The lowest BCUT2D eigenvalue weighted by molar-refractivity contribution is -0.174. The zero-order valence-corrected chi connectivity index (χ0v) is 17.7. The van der Waals surface area contributed by atoms with Gasteiger partial charge in [0.25, 0.3) is 11.5 Å². The SMILES string of the molecule is CC(C)[C@@H]1C[C@H](C(F)(F)F)n2nc([C@H]3CCCN3C(=O)c3ccn(C)c(=O)c3)cc2N1. The number of aryl methyl sites for hydroxylation is 1. The van der Waals surface area contributed by atoms with Gasteiger partial charge < -0.3 is 14.8 Å². The lowest BCUT2D eigenvalue weighted by Crippen LogP contribution is -2.41. The highest BCUT2D eigenvalue weighted by molar-refractivity contribution is 5.94. The van der Waals surface area contributed by atoms with Crippen molar-refractivity contribution in [3.8, 4) is 0 Å². The van der Waals surface area contributed by atoms with E-state index in [9.17, 15) is 22.8 Å². The van der Waals surface area contributed by atoms with E-state index in [4.69, 9.17) is 0 Å². The van der Waals surface area contributed by atoms with Crippen molar-refractivity contribution >= 4 is 11.7 Å². The van der Waals surface area contributed by atoms with E-state index < -0.39 is 18.3 Å². The summed E-state index contributed by atoms with van der Waals surface area (Å²) in [5.74, 6) is 0.0453. The molecule has 1 saturated heterocycles. The second kappa shape index (κ2) is 7.72. The third-order valence-electron chi connectivity index (χ3n) is 6.25. The van der Waals surface area contributed by atoms with Crippen molar-refractivity contribution in [1.82, 2.24) is 19.2 Å². The van der Waals surface area contributed by atoms with E-state index >= 15 is 0 Å². The molecule has 3 atom stereocenters. The number of anilines is 1. The predicted molar refractivity (Wildman–Crippen MR) is 109 cm³/mol. The van der Waals surface area contributed by atoms with Gasteiger partial charge in [0.2, 0.25) is 0 Å². The zero-order valence-electron chi connectivity index (χ0n) is 17.7. The Morgan fingerprint density at radius 1 is 1.29 bits per heavy atom. The van der Waals surface area contributed by atoms with Gasteiger partial charge in [0.05, 0.1) is 11.7 Å². The molecule has 31 heavy (non-hydrogen) atoms. The number of likely N-dealkylation sites (tertiary alicyclic amines) is 1. The number of halogens is 3. The third-order valence-corrected chi connectivity index (χ3v) is 6.25. The van der Waals surface area contributed by atoms with Crippen molar-refractivity contribution in [2.75, 3.05) is 11.9 Å². The van der Waals surface area contributed by atoms with Crippen LogP contribution >= 0.6 is 0 Å². The highest BCUT2D eigenvalue weighted by Crippen LogP contribution is 2.42. The highest BCUT2D eigenvalue weighted by Gasteiger charge is 2.47. The van der Waals surface area contributed by atoms with Crippen molar-refractivity contribution in [3.05, 3.63) is 46.0 Å². The maximum Gasteiger partial charge on any atom is 0.410 e. The normalized spacial score (nSPS) is 23.7. The maximum absolute atomic E-state index is 13.8. The number of hydrogen-bond acceptors (Lipinski definition) is 4. The summed E-state index contributed by atoms with van der Waals surface area (Å²) in [4.78, 5) is 26.6. The summed E-state index contributed by atoms with van der Waals surface area (Å²) in [6.07, 6.45) is -1.65. The minimum Gasteiger partial charge on any atom is -0.367 e. The molecule has 2 aromatic rings. The van der Waals surface area contributed by atoms with Crippen LogP contribution in [0, 0.1) is 5.92 Å². The number of hydrogen-bond donors (Lipinski definition) is 1. The van der Waals surface area contributed by atoms with Crippen LogP contribution in [-0.2, 0) is 7.05 Å². The van der Waals surface area contributed by atoms with E-state index in [1.807, 2.05) is 13.8 Å². The molecule has 1 fully saturated rings. The average Bonchev–Trinajstić information content (AvgIpc) is 3.34. The van der Waals surface area contributed by atoms with Gasteiger partial charge in [-0.2, -0.15) is 18.3 Å². The minimum absolute atomic E-state index is 0.0298. The van der Waals surface area contributed by atoms with Crippen molar-refractivity contribution in [2.24, 2.45) is 13.0 Å². The molecular weight excluding hydrogens is 411 g/mol. The fourth-order valence-corrected chi connectivity index (χ4v) is 4.39. The number of nitrogens with zero attached hydrogens (tertiary/aromatic N) is 4. The largest absolute Gasteiger partial charge is 0.410 e. The number of rotatable bonds is 3. The second-order valence-corrected chi connectivity index (χ2v) is 8.71. The summed E-state index contributed by atoms with van der Waals surface area (Å²) in [5.41, 5.74) is 0.414. The summed E-state index contributed by atoms with van der Waals surface area (Å²) in [7, 11) is 1.60. The molecule has 7 nitrogen and oxygen atoms in total. The van der Waals surface area contributed by atoms with Crippen LogP contribution in [-0.4, -0.2) is 43.9 Å². The lowest BCUT2D eigenvalue weighted by atomic mass is 9.94. The van der Waals surface area contributed by atoms with Crippen LogP contribution in [0.3, 0.4) is 0 Å². The van der Waals surface area contributed by atoms with Gasteiger partial charge in [0, 0.05) is 43.5 Å². The van der Waals surface area contributed by atoms with E-state index in [0.29, 0.717) is 30.9 Å². The van der Waals surface area contributed by atoms with Crippen molar-refractivity contribution in [3.63, 3.8) is 0 Å². The first kappa shape index (κ1) is 21.5. The Morgan fingerprint density at radius 3 is 2.68 bits per heavy atom. The first-order chi connectivity index (χ1) is 14.6. The van der Waals surface area contributed by atoms with Gasteiger partial charge in [-0.1, -0.05) is 13.8 Å². The van der Waals surface area contributed by atoms with Gasteiger partial charge in [-0.25, -0.2) is 4.68 Å². The molecule has 2 aliphatic heterocycles. The van der Waals surface area contributed by atoms with Crippen molar-refractivity contribution in [1.29, 1.82) is 0 Å². The quantitative estimate of drug-likeness (QED) is 0.798. The Kier molecular flexibility index (Phi) is 5.35. The van der Waals surface area contributed by atoms with Gasteiger partial charge in [0.1, 0.15) is 5.82 Å². The summed E-state index contributed by atoms with van der Waals surface area (Å²) in [6, 6.07) is 2.05. The van der Waals surface area contributed by atoms with E-state index in [-0.39, 0.29) is 35.4 Å². The van der Waals surface area contributed by atoms with Crippen molar-refractivity contribution in [2.45, 2.75) is 57.4 Å². The molecule has 4 rings (SSSR count). The number of fused-ring (bicyclic) bond motifs is 1. The van der Waals surface area contributed by atoms with Crippen LogP contribution in [0.25, 0.3) is 0 Å². The second-order valence-electron chi connectivity index (χ2n) is 8.71. The monoisotopic (exact) mass is 437 g/mol. The van der Waals surface area contributed by atoms with Gasteiger partial charge in [0.15, 0.2) is 6.04 Å². The molecule has 0 aliphatic carbocycles.